The highest BCUT2D eigenvalue weighted by molar-refractivity contribution is 7.91. The molecule has 0 radical (unpaired) electrons. The van der Waals surface area contributed by atoms with E-state index >= 15 is 0 Å². The number of likely N-dealkylation sites (tertiary alicyclic amines) is 1. The van der Waals surface area contributed by atoms with Crippen molar-refractivity contribution in [3.8, 4) is 0 Å². The number of nitrogens with zero attached hydrogens (tertiary/aromatic N) is 2. The molecule has 2 saturated heterocycles. The van der Waals surface area contributed by atoms with E-state index in [1.165, 1.54) is 0 Å². The number of sulfone groups is 1. The summed E-state index contributed by atoms with van der Waals surface area (Å²) in [6.07, 6.45) is 2.54. The normalized spacial score (nSPS) is 31.7. The third-order valence-electron chi connectivity index (χ3n) is 4.08. The van der Waals surface area contributed by atoms with Gasteiger partial charge in [-0.25, -0.2) is 8.42 Å². The Hall–Kier alpha value is -0.620. The number of hydrogen-bond donors (Lipinski definition) is 0. The van der Waals surface area contributed by atoms with Crippen molar-refractivity contribution in [1.82, 2.24) is 9.80 Å². The van der Waals surface area contributed by atoms with Crippen LogP contribution < -0.4 is 0 Å². The number of amides is 1. The Morgan fingerprint density at radius 2 is 2.11 bits per heavy atom. The third kappa shape index (κ3) is 2.69. The maximum Gasteiger partial charge on any atom is 0.240 e. The molecule has 2 unspecified atom stereocenters. The first-order valence-corrected chi connectivity index (χ1v) is 8.48. The molecule has 0 aromatic rings. The van der Waals surface area contributed by atoms with Crippen LogP contribution in [-0.2, 0) is 14.6 Å². The standard InChI is InChI=1S/C12H22N2O3S/c1-3-14(10-6-8-18(16,17)9-10)12(15)11-5-4-7-13(11)2/h10-11H,3-9H2,1-2H3. The van der Waals surface area contributed by atoms with E-state index in [1.807, 2.05) is 14.0 Å². The average molecular weight is 274 g/mol. The van der Waals surface area contributed by atoms with Crippen LogP contribution in [0.4, 0.5) is 0 Å². The van der Waals surface area contributed by atoms with Gasteiger partial charge in [-0.3, -0.25) is 9.69 Å². The first kappa shape index (κ1) is 13.8. The topological polar surface area (TPSA) is 57.7 Å². The predicted octanol–water partition coefficient (Wildman–Crippen LogP) is 0.116. The molecule has 0 saturated carbocycles. The number of hydrogen-bond acceptors (Lipinski definition) is 4. The summed E-state index contributed by atoms with van der Waals surface area (Å²) < 4.78 is 23.0. The lowest BCUT2D eigenvalue weighted by molar-refractivity contribution is -0.137. The SMILES string of the molecule is CCN(C(=O)C1CCCN1C)C1CCS(=O)(=O)C1. The quantitative estimate of drug-likeness (QED) is 0.733. The molecular formula is C12H22N2O3S. The van der Waals surface area contributed by atoms with Gasteiger partial charge in [0, 0.05) is 12.6 Å². The van der Waals surface area contributed by atoms with Gasteiger partial charge in [0.25, 0.3) is 0 Å². The van der Waals surface area contributed by atoms with E-state index in [2.05, 4.69) is 4.90 Å². The lowest BCUT2D eigenvalue weighted by Crippen LogP contribution is -2.49. The van der Waals surface area contributed by atoms with Crippen molar-refractivity contribution < 1.29 is 13.2 Å². The van der Waals surface area contributed by atoms with Crippen LogP contribution in [0, 0.1) is 0 Å². The van der Waals surface area contributed by atoms with Gasteiger partial charge in [0.15, 0.2) is 9.84 Å². The Balaban J connectivity index is 2.07. The van der Waals surface area contributed by atoms with E-state index in [4.69, 9.17) is 0 Å². The molecule has 5 nitrogen and oxygen atoms in total. The third-order valence-corrected chi connectivity index (χ3v) is 5.83. The van der Waals surface area contributed by atoms with E-state index < -0.39 is 9.84 Å². The Bertz CT molecular complexity index is 421. The molecule has 104 valence electrons. The molecule has 2 fully saturated rings. The van der Waals surface area contributed by atoms with Gasteiger partial charge in [0.1, 0.15) is 0 Å². The van der Waals surface area contributed by atoms with Crippen LogP contribution >= 0.6 is 0 Å². The zero-order valence-electron chi connectivity index (χ0n) is 11.1. The molecule has 0 bridgehead atoms. The van der Waals surface area contributed by atoms with E-state index in [1.54, 1.807) is 4.90 Å². The van der Waals surface area contributed by atoms with Crippen molar-refractivity contribution in [1.29, 1.82) is 0 Å². The first-order chi connectivity index (χ1) is 8.44. The summed E-state index contributed by atoms with van der Waals surface area (Å²) in [4.78, 5) is 16.3. The minimum absolute atomic E-state index is 0.0479. The van der Waals surface area contributed by atoms with Crippen molar-refractivity contribution in [3.63, 3.8) is 0 Å². The van der Waals surface area contributed by atoms with Crippen LogP contribution in [0.2, 0.25) is 0 Å². The van der Waals surface area contributed by atoms with Gasteiger partial charge in [-0.05, 0) is 39.8 Å². The molecule has 2 rings (SSSR count). The average Bonchev–Trinajstić information content (AvgIpc) is 2.86. The monoisotopic (exact) mass is 274 g/mol. The van der Waals surface area contributed by atoms with Gasteiger partial charge in [-0.1, -0.05) is 0 Å². The number of rotatable bonds is 3. The summed E-state index contributed by atoms with van der Waals surface area (Å²) >= 11 is 0. The Morgan fingerprint density at radius 3 is 2.56 bits per heavy atom. The molecule has 0 aliphatic carbocycles. The molecule has 18 heavy (non-hydrogen) atoms. The van der Waals surface area contributed by atoms with E-state index in [0.717, 1.165) is 19.4 Å². The second-order valence-corrected chi connectivity index (χ2v) is 7.55. The molecule has 0 spiro atoms. The van der Waals surface area contributed by atoms with Crippen LogP contribution in [0.1, 0.15) is 26.2 Å². The summed E-state index contributed by atoms with van der Waals surface area (Å²) in [5.41, 5.74) is 0. The fraction of sp³-hybridized carbons (Fsp3) is 0.917. The Kier molecular flexibility index (Phi) is 3.96. The Labute approximate surface area is 109 Å². The predicted molar refractivity (Wildman–Crippen MR) is 70.1 cm³/mol. The highest BCUT2D eigenvalue weighted by Gasteiger charge is 2.38. The molecule has 2 heterocycles. The van der Waals surface area contributed by atoms with E-state index in [0.29, 0.717) is 13.0 Å². The van der Waals surface area contributed by atoms with Crippen molar-refractivity contribution in [2.45, 2.75) is 38.3 Å². The minimum Gasteiger partial charge on any atom is -0.338 e. The van der Waals surface area contributed by atoms with Crippen molar-refractivity contribution in [2.75, 3.05) is 31.6 Å². The van der Waals surface area contributed by atoms with Gasteiger partial charge in [0.05, 0.1) is 17.5 Å². The second-order valence-electron chi connectivity index (χ2n) is 5.32. The maximum absolute atomic E-state index is 12.5. The van der Waals surface area contributed by atoms with Gasteiger partial charge in [-0.15, -0.1) is 0 Å². The van der Waals surface area contributed by atoms with E-state index in [9.17, 15) is 13.2 Å². The molecule has 0 N–H and O–H groups in total. The molecule has 6 heteroatoms. The van der Waals surface area contributed by atoms with Crippen molar-refractivity contribution in [3.05, 3.63) is 0 Å². The van der Waals surface area contributed by atoms with E-state index in [-0.39, 0.29) is 29.5 Å². The van der Waals surface area contributed by atoms with Crippen LogP contribution in [0.15, 0.2) is 0 Å². The first-order valence-electron chi connectivity index (χ1n) is 6.66. The lowest BCUT2D eigenvalue weighted by Gasteiger charge is -2.31. The van der Waals surface area contributed by atoms with Crippen LogP contribution in [-0.4, -0.2) is 67.9 Å². The van der Waals surface area contributed by atoms with Gasteiger partial charge >= 0.3 is 0 Å². The fourth-order valence-electron chi connectivity index (χ4n) is 3.03. The highest BCUT2D eigenvalue weighted by atomic mass is 32.2. The summed E-state index contributed by atoms with van der Waals surface area (Å²) in [5, 5.41) is 0. The summed E-state index contributed by atoms with van der Waals surface area (Å²) in [6, 6.07) is -0.158. The largest absolute Gasteiger partial charge is 0.338 e. The molecule has 2 aliphatic heterocycles. The smallest absolute Gasteiger partial charge is 0.240 e. The molecular weight excluding hydrogens is 252 g/mol. The fourth-order valence-corrected chi connectivity index (χ4v) is 4.76. The van der Waals surface area contributed by atoms with Crippen molar-refractivity contribution in [2.24, 2.45) is 0 Å². The van der Waals surface area contributed by atoms with Crippen LogP contribution in [0.3, 0.4) is 0 Å². The summed E-state index contributed by atoms with van der Waals surface area (Å²) in [7, 11) is -0.962. The highest BCUT2D eigenvalue weighted by Crippen LogP contribution is 2.22. The van der Waals surface area contributed by atoms with Gasteiger partial charge < -0.3 is 4.90 Å². The number of carbonyl (C=O) groups excluding carboxylic acids is 1. The van der Waals surface area contributed by atoms with Crippen LogP contribution in [0.25, 0.3) is 0 Å². The van der Waals surface area contributed by atoms with Crippen LogP contribution in [0.5, 0.6) is 0 Å². The Morgan fingerprint density at radius 1 is 1.39 bits per heavy atom. The zero-order chi connectivity index (χ0) is 13.3. The lowest BCUT2D eigenvalue weighted by atomic mass is 10.1. The second kappa shape index (κ2) is 5.17. The van der Waals surface area contributed by atoms with Gasteiger partial charge in [-0.2, -0.15) is 0 Å². The molecule has 2 aliphatic rings. The summed E-state index contributed by atoms with van der Waals surface area (Å²) in [5.74, 6) is 0.477. The molecule has 2 atom stereocenters. The van der Waals surface area contributed by atoms with Crippen molar-refractivity contribution >= 4 is 15.7 Å². The molecule has 1 amide bonds. The minimum atomic E-state index is -2.93. The summed E-state index contributed by atoms with van der Waals surface area (Å²) in [6.45, 7) is 3.48. The maximum atomic E-state index is 12.5. The number of carbonyl (C=O) groups is 1. The number of likely N-dealkylation sites (N-methyl/N-ethyl adjacent to an activating group) is 2. The molecule has 0 aromatic carbocycles. The molecule has 0 aromatic heterocycles. The zero-order valence-corrected chi connectivity index (χ0v) is 11.9. The van der Waals surface area contributed by atoms with Gasteiger partial charge in [0.2, 0.25) is 5.91 Å².